The van der Waals surface area contributed by atoms with Crippen LogP contribution in [0.1, 0.15) is 18.9 Å². The summed E-state index contributed by atoms with van der Waals surface area (Å²) in [6, 6.07) is 4.30. The van der Waals surface area contributed by atoms with Crippen LogP contribution in [-0.4, -0.2) is 56.9 Å². The van der Waals surface area contributed by atoms with Gasteiger partial charge < -0.3 is 25.0 Å². The maximum absolute atomic E-state index is 6.54. The molecule has 1 aromatic rings. The monoisotopic (exact) mass is 317 g/mol. The van der Waals surface area contributed by atoms with Crippen molar-refractivity contribution in [3.8, 4) is 5.75 Å². The molecule has 2 saturated heterocycles. The average molecular weight is 317 g/mol. The summed E-state index contributed by atoms with van der Waals surface area (Å²) in [6.07, 6.45) is 2.08. The second-order valence-corrected chi connectivity index (χ2v) is 7.38. The highest BCUT2D eigenvalue weighted by atomic mass is 16.5. The van der Waals surface area contributed by atoms with Gasteiger partial charge in [-0.15, -0.1) is 0 Å². The molecule has 2 fully saturated rings. The number of hydrogen-bond acceptors (Lipinski definition) is 5. The van der Waals surface area contributed by atoms with Crippen LogP contribution in [-0.2, 0) is 11.2 Å². The van der Waals surface area contributed by atoms with E-state index in [4.69, 9.17) is 15.2 Å². The molecule has 5 heteroatoms. The second kappa shape index (κ2) is 5.56. The molecule has 23 heavy (non-hydrogen) atoms. The Morgan fingerprint density at radius 1 is 1.22 bits per heavy atom. The quantitative estimate of drug-likeness (QED) is 0.800. The van der Waals surface area contributed by atoms with Crippen LogP contribution in [0.5, 0.6) is 5.75 Å². The number of likely N-dealkylation sites (tertiary alicyclic amines) is 1. The van der Waals surface area contributed by atoms with Crippen molar-refractivity contribution in [2.75, 3.05) is 57.1 Å². The fourth-order valence-electron chi connectivity index (χ4n) is 4.29. The molecule has 2 atom stereocenters. The topological polar surface area (TPSA) is 51.0 Å². The van der Waals surface area contributed by atoms with Gasteiger partial charge in [0, 0.05) is 56.6 Å². The van der Waals surface area contributed by atoms with Crippen molar-refractivity contribution in [2.24, 2.45) is 5.92 Å². The maximum Gasteiger partial charge on any atom is 0.125 e. The van der Waals surface area contributed by atoms with Crippen LogP contribution in [0.4, 0.5) is 11.4 Å². The molecule has 2 unspecified atom stereocenters. The summed E-state index contributed by atoms with van der Waals surface area (Å²) in [4.78, 5) is 4.71. The molecule has 1 aromatic carbocycles. The van der Waals surface area contributed by atoms with Gasteiger partial charge in [-0.3, -0.25) is 0 Å². The van der Waals surface area contributed by atoms with E-state index >= 15 is 0 Å². The zero-order valence-corrected chi connectivity index (χ0v) is 14.2. The largest absolute Gasteiger partial charge is 0.486 e. The molecule has 1 spiro atoms. The number of anilines is 2. The van der Waals surface area contributed by atoms with Crippen molar-refractivity contribution in [3.05, 3.63) is 17.7 Å². The van der Waals surface area contributed by atoms with E-state index in [0.717, 1.165) is 69.4 Å². The Morgan fingerprint density at radius 2 is 2.00 bits per heavy atom. The molecular weight excluding hydrogens is 290 g/mol. The number of rotatable bonds is 1. The third kappa shape index (κ3) is 2.56. The summed E-state index contributed by atoms with van der Waals surface area (Å²) in [5, 5.41) is 0. The first kappa shape index (κ1) is 15.1. The van der Waals surface area contributed by atoms with E-state index in [1.54, 1.807) is 0 Å². The van der Waals surface area contributed by atoms with Crippen LogP contribution >= 0.6 is 0 Å². The number of hydrogen-bond donors (Lipinski definition) is 1. The molecule has 0 radical (unpaired) electrons. The Balaban J connectivity index is 1.61. The fourth-order valence-corrected chi connectivity index (χ4v) is 4.29. The molecule has 126 valence electrons. The lowest BCUT2D eigenvalue weighted by atomic mass is 9.79. The predicted octanol–water partition coefficient (Wildman–Crippen LogP) is 1.75. The van der Waals surface area contributed by atoms with E-state index in [2.05, 4.69) is 35.9 Å². The molecule has 0 aliphatic carbocycles. The first-order valence-electron chi connectivity index (χ1n) is 8.70. The molecular formula is C18H27N3O2. The van der Waals surface area contributed by atoms with Crippen LogP contribution < -0.4 is 15.4 Å². The van der Waals surface area contributed by atoms with Gasteiger partial charge in [-0.2, -0.15) is 0 Å². The van der Waals surface area contributed by atoms with Crippen molar-refractivity contribution in [1.82, 2.24) is 4.90 Å². The lowest BCUT2D eigenvalue weighted by Gasteiger charge is -2.42. The number of ether oxygens (including phenoxy) is 2. The summed E-state index contributed by atoms with van der Waals surface area (Å²) in [5.74, 6) is 1.57. The summed E-state index contributed by atoms with van der Waals surface area (Å²) >= 11 is 0. The highest BCUT2D eigenvalue weighted by molar-refractivity contribution is 5.72. The molecule has 5 nitrogen and oxygen atoms in total. The van der Waals surface area contributed by atoms with Gasteiger partial charge in [0.25, 0.3) is 0 Å². The molecule has 3 aliphatic rings. The Kier molecular flexibility index (Phi) is 3.65. The van der Waals surface area contributed by atoms with Gasteiger partial charge in [0.1, 0.15) is 11.4 Å². The zero-order chi connectivity index (χ0) is 16.0. The third-order valence-electron chi connectivity index (χ3n) is 5.76. The maximum atomic E-state index is 6.54. The van der Waals surface area contributed by atoms with Gasteiger partial charge in [-0.1, -0.05) is 6.92 Å². The number of nitrogen functional groups attached to an aromatic ring is 1. The minimum Gasteiger partial charge on any atom is -0.486 e. The van der Waals surface area contributed by atoms with Gasteiger partial charge >= 0.3 is 0 Å². The molecule has 4 rings (SSSR count). The standard InChI is InChI=1S/C18H27N3O2/c1-13-12-20(2)4-3-18(13)11-14-9-15(19)16(10-17(14)23-18)21-5-7-22-8-6-21/h9-10,13H,3-8,11-12,19H2,1-2H3. The van der Waals surface area contributed by atoms with Crippen LogP contribution in [0.3, 0.4) is 0 Å². The SMILES string of the molecule is CC1CN(C)CCC12Cc1cc(N)c(N3CCOCC3)cc1O2. The van der Waals surface area contributed by atoms with Gasteiger partial charge in [-0.25, -0.2) is 0 Å². The number of benzene rings is 1. The molecule has 0 saturated carbocycles. The summed E-state index contributed by atoms with van der Waals surface area (Å²) in [6.45, 7) is 7.84. The number of morpholine rings is 1. The summed E-state index contributed by atoms with van der Waals surface area (Å²) in [5.41, 5.74) is 9.56. The van der Waals surface area contributed by atoms with Crippen LogP contribution in [0.2, 0.25) is 0 Å². The number of fused-ring (bicyclic) bond motifs is 1. The van der Waals surface area contributed by atoms with Gasteiger partial charge in [0.2, 0.25) is 0 Å². The fraction of sp³-hybridized carbons (Fsp3) is 0.667. The normalized spacial score (nSPS) is 31.2. The van der Waals surface area contributed by atoms with Gasteiger partial charge in [0.05, 0.1) is 24.6 Å². The molecule has 3 aliphatic heterocycles. The molecule has 2 N–H and O–H groups in total. The molecule has 0 amide bonds. The minimum absolute atomic E-state index is 0.0368. The number of nitrogens with two attached hydrogens (primary N) is 1. The highest BCUT2D eigenvalue weighted by Gasteiger charge is 2.46. The van der Waals surface area contributed by atoms with E-state index < -0.39 is 0 Å². The van der Waals surface area contributed by atoms with Gasteiger partial charge in [0.15, 0.2) is 0 Å². The summed E-state index contributed by atoms with van der Waals surface area (Å²) < 4.78 is 12.0. The zero-order valence-electron chi connectivity index (χ0n) is 14.2. The second-order valence-electron chi connectivity index (χ2n) is 7.38. The van der Waals surface area contributed by atoms with Gasteiger partial charge in [-0.05, 0) is 13.1 Å². The Bertz CT molecular complexity index is 600. The first-order chi connectivity index (χ1) is 11.1. The Hall–Kier alpha value is -1.46. The van der Waals surface area contributed by atoms with Crippen molar-refractivity contribution in [3.63, 3.8) is 0 Å². The molecule has 0 bridgehead atoms. The number of piperidine rings is 1. The van der Waals surface area contributed by atoms with Crippen LogP contribution in [0.25, 0.3) is 0 Å². The van der Waals surface area contributed by atoms with Crippen molar-refractivity contribution in [1.29, 1.82) is 0 Å². The third-order valence-corrected chi connectivity index (χ3v) is 5.76. The number of nitrogens with zero attached hydrogens (tertiary/aromatic N) is 2. The predicted molar refractivity (Wildman–Crippen MR) is 92.2 cm³/mol. The molecule has 3 heterocycles. The first-order valence-corrected chi connectivity index (χ1v) is 8.70. The average Bonchev–Trinajstić information content (AvgIpc) is 2.90. The van der Waals surface area contributed by atoms with Crippen molar-refractivity contribution < 1.29 is 9.47 Å². The highest BCUT2D eigenvalue weighted by Crippen LogP contribution is 2.46. The lowest BCUT2D eigenvalue weighted by Crippen LogP contribution is -2.52. The van der Waals surface area contributed by atoms with E-state index in [0.29, 0.717) is 5.92 Å². The van der Waals surface area contributed by atoms with Crippen molar-refractivity contribution >= 4 is 11.4 Å². The van der Waals surface area contributed by atoms with E-state index in [9.17, 15) is 0 Å². The van der Waals surface area contributed by atoms with E-state index in [-0.39, 0.29) is 5.60 Å². The lowest BCUT2D eigenvalue weighted by molar-refractivity contribution is -0.0212. The van der Waals surface area contributed by atoms with E-state index in [1.807, 2.05) is 0 Å². The Morgan fingerprint density at radius 3 is 2.74 bits per heavy atom. The summed E-state index contributed by atoms with van der Waals surface area (Å²) in [7, 11) is 2.19. The van der Waals surface area contributed by atoms with Crippen molar-refractivity contribution in [2.45, 2.75) is 25.4 Å². The molecule has 0 aromatic heterocycles. The van der Waals surface area contributed by atoms with Crippen LogP contribution in [0.15, 0.2) is 12.1 Å². The van der Waals surface area contributed by atoms with Crippen LogP contribution in [0, 0.1) is 5.92 Å². The smallest absolute Gasteiger partial charge is 0.125 e. The minimum atomic E-state index is -0.0368. The Labute approximate surface area is 138 Å². The van der Waals surface area contributed by atoms with E-state index in [1.165, 1.54) is 5.56 Å².